The van der Waals surface area contributed by atoms with Crippen LogP contribution in [0.5, 0.6) is 0 Å². The zero-order valence-electron chi connectivity index (χ0n) is 19.6. The molecule has 0 aliphatic carbocycles. The predicted molar refractivity (Wildman–Crippen MR) is 126 cm³/mol. The molecule has 2 saturated heterocycles. The molecular weight excluding hydrogens is 492 g/mol. The molecule has 0 radical (unpaired) electrons. The van der Waals surface area contributed by atoms with Gasteiger partial charge >= 0.3 is 5.97 Å². The van der Waals surface area contributed by atoms with E-state index in [9.17, 15) is 32.7 Å². The third kappa shape index (κ3) is 5.58. The van der Waals surface area contributed by atoms with Crippen molar-refractivity contribution in [3.8, 4) is 0 Å². The number of cyclic esters (lactones) is 1. The molecule has 3 N–H and O–H groups in total. The van der Waals surface area contributed by atoms with Crippen molar-refractivity contribution in [3.63, 3.8) is 0 Å². The molecule has 12 nitrogen and oxygen atoms in total. The van der Waals surface area contributed by atoms with Gasteiger partial charge in [0.05, 0.1) is 12.7 Å². The number of hydrogen-bond donors (Lipinski definition) is 3. The van der Waals surface area contributed by atoms with Gasteiger partial charge in [0.15, 0.2) is 0 Å². The average molecular weight is 521 g/mol. The number of esters is 1. The lowest BCUT2D eigenvalue weighted by atomic mass is 9.97. The Balaban J connectivity index is 1.62. The number of piperazine rings is 1. The summed E-state index contributed by atoms with van der Waals surface area (Å²) in [7, 11) is -3.70. The van der Waals surface area contributed by atoms with Crippen molar-refractivity contribution in [2.45, 2.75) is 49.7 Å². The number of nitrogens with zero attached hydrogens (tertiary/aromatic N) is 2. The quantitative estimate of drug-likeness (QED) is 0.320. The Morgan fingerprint density at radius 3 is 2.39 bits per heavy atom. The zero-order valence-corrected chi connectivity index (χ0v) is 20.4. The van der Waals surface area contributed by atoms with E-state index in [0.29, 0.717) is 12.0 Å². The Hall–Kier alpha value is -3.29. The molecule has 0 spiro atoms. The predicted octanol–water partition coefficient (Wildman–Crippen LogP) is -1.27. The highest BCUT2D eigenvalue weighted by molar-refractivity contribution is 7.88. The molecule has 1 aromatic carbocycles. The van der Waals surface area contributed by atoms with Crippen molar-refractivity contribution in [1.29, 1.82) is 0 Å². The van der Waals surface area contributed by atoms with Gasteiger partial charge in [0.25, 0.3) is 5.91 Å². The van der Waals surface area contributed by atoms with Crippen LogP contribution < -0.4 is 10.6 Å². The lowest BCUT2D eigenvalue weighted by Gasteiger charge is -2.46. The lowest BCUT2D eigenvalue weighted by Crippen LogP contribution is -2.68. The van der Waals surface area contributed by atoms with Gasteiger partial charge in [-0.25, -0.2) is 8.42 Å². The maximum Gasteiger partial charge on any atom is 0.310 e. The normalized spacial score (nSPS) is 29.9. The van der Waals surface area contributed by atoms with Crippen LogP contribution in [0.2, 0.25) is 0 Å². The van der Waals surface area contributed by atoms with Crippen molar-refractivity contribution in [2.24, 2.45) is 0 Å². The molecule has 2 fully saturated rings. The SMILES string of the molecule is CS(=O)(=O)N1C[C@@H]2C/C=C\C[C@H](NC(=O)c3ccccc3)C(=O)N2[C@H](C(=O)NC2CC(=O)OC2O)C1. The third-order valence-electron chi connectivity index (χ3n) is 6.44. The number of carbonyl (C=O) groups is 4. The van der Waals surface area contributed by atoms with E-state index in [2.05, 4.69) is 15.4 Å². The van der Waals surface area contributed by atoms with Gasteiger partial charge in [0.2, 0.25) is 28.1 Å². The fraction of sp³-hybridized carbons (Fsp3) is 0.478. The number of hydrogen-bond acceptors (Lipinski definition) is 8. The molecule has 13 heteroatoms. The van der Waals surface area contributed by atoms with E-state index in [0.717, 1.165) is 10.6 Å². The van der Waals surface area contributed by atoms with Gasteiger partial charge in [-0.05, 0) is 25.0 Å². The molecule has 3 amide bonds. The Bertz CT molecular complexity index is 1170. The number of ether oxygens (including phenoxy) is 1. The van der Waals surface area contributed by atoms with Crippen molar-refractivity contribution in [3.05, 3.63) is 48.0 Å². The Labute approximate surface area is 208 Å². The van der Waals surface area contributed by atoms with Gasteiger partial charge in [-0.2, -0.15) is 4.31 Å². The number of benzene rings is 1. The number of aliphatic hydroxyl groups excluding tert-OH is 1. The first-order valence-corrected chi connectivity index (χ1v) is 13.4. The molecule has 0 aromatic heterocycles. The minimum absolute atomic E-state index is 0.0221. The molecule has 0 saturated carbocycles. The molecular formula is C23H28N4O8S. The summed E-state index contributed by atoms with van der Waals surface area (Å²) in [6.45, 7) is -0.334. The standard InChI is InChI=1S/C23H28N4O8S/c1-36(33,34)26-12-15-9-5-6-10-16(24-20(29)14-7-3-2-4-8-14)22(31)27(15)18(13-26)21(30)25-17-11-19(28)35-23(17)32/h2-8,15-18,23,32H,9-13H2,1H3,(H,24,29)(H,25,30)/b6-5-/t15-,16-,17?,18-,23?/m0/s1. The first-order valence-electron chi connectivity index (χ1n) is 11.5. The Kier molecular flexibility index (Phi) is 7.43. The van der Waals surface area contributed by atoms with Gasteiger partial charge in [-0.1, -0.05) is 30.4 Å². The second-order valence-electron chi connectivity index (χ2n) is 9.03. The van der Waals surface area contributed by atoms with Crippen LogP contribution in [0, 0.1) is 0 Å². The molecule has 4 rings (SSSR count). The Morgan fingerprint density at radius 2 is 1.75 bits per heavy atom. The summed E-state index contributed by atoms with van der Waals surface area (Å²) in [5.41, 5.74) is 0.365. The molecule has 3 aliphatic rings. The summed E-state index contributed by atoms with van der Waals surface area (Å²) in [6.07, 6.45) is 3.25. The van der Waals surface area contributed by atoms with Crippen LogP contribution in [0.1, 0.15) is 29.6 Å². The van der Waals surface area contributed by atoms with Crippen molar-refractivity contribution in [2.75, 3.05) is 19.3 Å². The second kappa shape index (κ2) is 10.4. The monoisotopic (exact) mass is 520 g/mol. The van der Waals surface area contributed by atoms with Gasteiger partial charge in [-0.15, -0.1) is 0 Å². The average Bonchev–Trinajstić information content (AvgIpc) is 3.14. The first kappa shape index (κ1) is 25.8. The Morgan fingerprint density at radius 1 is 1.06 bits per heavy atom. The largest absolute Gasteiger partial charge is 0.434 e. The summed E-state index contributed by atoms with van der Waals surface area (Å²) < 4.78 is 30.6. The molecule has 0 bridgehead atoms. The number of fused-ring (bicyclic) bond motifs is 1. The van der Waals surface area contributed by atoms with E-state index in [1.165, 1.54) is 4.90 Å². The number of amides is 3. The maximum atomic E-state index is 13.7. The van der Waals surface area contributed by atoms with Gasteiger partial charge < -0.3 is 25.4 Å². The van der Waals surface area contributed by atoms with E-state index in [1.807, 2.05) is 0 Å². The van der Waals surface area contributed by atoms with Crippen LogP contribution >= 0.6 is 0 Å². The van der Waals surface area contributed by atoms with Crippen LogP contribution in [0.15, 0.2) is 42.5 Å². The van der Waals surface area contributed by atoms with Gasteiger partial charge in [-0.3, -0.25) is 19.2 Å². The molecule has 36 heavy (non-hydrogen) atoms. The van der Waals surface area contributed by atoms with E-state index < -0.39 is 64.2 Å². The van der Waals surface area contributed by atoms with Gasteiger partial charge in [0, 0.05) is 24.7 Å². The number of nitrogens with one attached hydrogen (secondary N) is 2. The van der Waals surface area contributed by atoms with E-state index in [1.54, 1.807) is 42.5 Å². The molecule has 194 valence electrons. The van der Waals surface area contributed by atoms with Crippen LogP contribution in [-0.2, 0) is 29.1 Å². The molecule has 5 atom stereocenters. The minimum Gasteiger partial charge on any atom is -0.434 e. The number of carbonyl (C=O) groups excluding carboxylic acids is 4. The topological polar surface area (TPSA) is 162 Å². The molecule has 2 unspecified atom stereocenters. The number of sulfonamides is 1. The van der Waals surface area contributed by atoms with Crippen LogP contribution in [0.25, 0.3) is 0 Å². The minimum atomic E-state index is -3.70. The highest BCUT2D eigenvalue weighted by Gasteiger charge is 2.47. The molecule has 3 heterocycles. The highest BCUT2D eigenvalue weighted by Crippen LogP contribution is 2.25. The van der Waals surface area contributed by atoms with E-state index >= 15 is 0 Å². The smallest absolute Gasteiger partial charge is 0.310 e. The van der Waals surface area contributed by atoms with Crippen LogP contribution in [0.4, 0.5) is 0 Å². The van der Waals surface area contributed by atoms with E-state index in [4.69, 9.17) is 0 Å². The van der Waals surface area contributed by atoms with Crippen molar-refractivity contribution in [1.82, 2.24) is 19.8 Å². The molecule has 3 aliphatic heterocycles. The second-order valence-corrected chi connectivity index (χ2v) is 11.0. The fourth-order valence-corrected chi connectivity index (χ4v) is 5.45. The van der Waals surface area contributed by atoms with Crippen LogP contribution in [0.3, 0.4) is 0 Å². The first-order chi connectivity index (χ1) is 17.0. The summed E-state index contributed by atoms with van der Waals surface area (Å²) in [5.74, 6) is -2.41. The zero-order chi connectivity index (χ0) is 26.0. The summed E-state index contributed by atoms with van der Waals surface area (Å²) in [4.78, 5) is 52.6. The maximum absolute atomic E-state index is 13.7. The summed E-state index contributed by atoms with van der Waals surface area (Å²) in [6, 6.07) is 4.43. The third-order valence-corrected chi connectivity index (χ3v) is 7.68. The molecule has 1 aromatic rings. The number of rotatable bonds is 5. The fourth-order valence-electron chi connectivity index (χ4n) is 4.60. The van der Waals surface area contributed by atoms with E-state index in [-0.39, 0.29) is 25.9 Å². The van der Waals surface area contributed by atoms with Gasteiger partial charge in [0.1, 0.15) is 18.1 Å². The lowest BCUT2D eigenvalue weighted by molar-refractivity contribution is -0.156. The summed E-state index contributed by atoms with van der Waals surface area (Å²) >= 11 is 0. The number of aliphatic hydroxyl groups is 1. The highest BCUT2D eigenvalue weighted by atomic mass is 32.2. The summed E-state index contributed by atoms with van der Waals surface area (Å²) in [5, 5.41) is 15.1. The van der Waals surface area contributed by atoms with Crippen molar-refractivity contribution >= 4 is 33.7 Å². The van der Waals surface area contributed by atoms with Crippen molar-refractivity contribution < 1.29 is 37.4 Å². The van der Waals surface area contributed by atoms with Crippen LogP contribution in [-0.4, -0.2) is 96.2 Å².